The Morgan fingerprint density at radius 3 is 2.35 bits per heavy atom. The summed E-state index contributed by atoms with van der Waals surface area (Å²) in [5, 5.41) is 2.87. The Morgan fingerprint density at radius 1 is 1.24 bits per heavy atom. The predicted molar refractivity (Wildman–Crippen MR) is 71.7 cm³/mol. The summed E-state index contributed by atoms with van der Waals surface area (Å²) in [6.45, 7) is 6.18. The summed E-state index contributed by atoms with van der Waals surface area (Å²) >= 11 is 0. The van der Waals surface area contributed by atoms with Gasteiger partial charge in [-0.25, -0.2) is 0 Å². The SMILES string of the molecule is CC(C)[C@@H](N)[C@H](C)CC(=O)Nc1ccccc1. The Hall–Kier alpha value is -1.35. The monoisotopic (exact) mass is 234 g/mol. The van der Waals surface area contributed by atoms with Crippen LogP contribution in [0.5, 0.6) is 0 Å². The first-order valence-electron chi connectivity index (χ1n) is 6.11. The lowest BCUT2D eigenvalue weighted by Crippen LogP contribution is -2.35. The molecule has 0 aliphatic heterocycles. The van der Waals surface area contributed by atoms with Crippen molar-refractivity contribution < 1.29 is 4.79 Å². The first-order valence-corrected chi connectivity index (χ1v) is 6.11. The van der Waals surface area contributed by atoms with Crippen LogP contribution >= 0.6 is 0 Å². The lowest BCUT2D eigenvalue weighted by molar-refractivity contribution is -0.117. The highest BCUT2D eigenvalue weighted by atomic mass is 16.1. The molecule has 0 saturated carbocycles. The number of nitrogens with one attached hydrogen (secondary N) is 1. The first kappa shape index (κ1) is 13.7. The van der Waals surface area contributed by atoms with E-state index in [-0.39, 0.29) is 17.9 Å². The summed E-state index contributed by atoms with van der Waals surface area (Å²) in [4.78, 5) is 11.8. The highest BCUT2D eigenvalue weighted by Crippen LogP contribution is 2.15. The summed E-state index contributed by atoms with van der Waals surface area (Å²) in [6, 6.07) is 9.55. The molecule has 0 radical (unpaired) electrons. The number of hydrogen-bond donors (Lipinski definition) is 2. The van der Waals surface area contributed by atoms with Gasteiger partial charge >= 0.3 is 0 Å². The molecule has 0 aromatic heterocycles. The standard InChI is InChI=1S/C14H22N2O/c1-10(2)14(15)11(3)9-13(17)16-12-7-5-4-6-8-12/h4-8,10-11,14H,9,15H2,1-3H3,(H,16,17)/t11-,14-/m1/s1. The Morgan fingerprint density at radius 2 is 1.82 bits per heavy atom. The largest absolute Gasteiger partial charge is 0.327 e. The molecule has 1 amide bonds. The average Bonchev–Trinajstić information content (AvgIpc) is 2.28. The number of rotatable bonds is 5. The van der Waals surface area contributed by atoms with Crippen LogP contribution in [0.4, 0.5) is 5.69 Å². The number of nitrogens with two attached hydrogens (primary N) is 1. The fourth-order valence-electron chi connectivity index (χ4n) is 1.82. The van der Waals surface area contributed by atoms with Crippen LogP contribution in [0.2, 0.25) is 0 Å². The van der Waals surface area contributed by atoms with Crippen LogP contribution in [0, 0.1) is 11.8 Å². The number of hydrogen-bond acceptors (Lipinski definition) is 2. The maximum atomic E-state index is 11.8. The Kier molecular flexibility index (Phi) is 5.16. The van der Waals surface area contributed by atoms with Crippen molar-refractivity contribution in [2.75, 3.05) is 5.32 Å². The molecule has 0 spiro atoms. The number of carbonyl (C=O) groups excluding carboxylic acids is 1. The van der Waals surface area contributed by atoms with Crippen molar-refractivity contribution in [2.24, 2.45) is 17.6 Å². The van der Waals surface area contributed by atoms with Crippen molar-refractivity contribution in [2.45, 2.75) is 33.2 Å². The van der Waals surface area contributed by atoms with Crippen LogP contribution in [0.1, 0.15) is 27.2 Å². The van der Waals surface area contributed by atoms with Crippen LogP contribution in [-0.2, 0) is 4.79 Å². The van der Waals surface area contributed by atoms with E-state index in [0.29, 0.717) is 12.3 Å². The molecule has 0 aliphatic carbocycles. The molecule has 17 heavy (non-hydrogen) atoms. The maximum Gasteiger partial charge on any atom is 0.224 e. The fraction of sp³-hybridized carbons (Fsp3) is 0.500. The van der Waals surface area contributed by atoms with Crippen LogP contribution in [0.15, 0.2) is 30.3 Å². The second-order valence-electron chi connectivity index (χ2n) is 4.92. The van der Waals surface area contributed by atoms with E-state index in [4.69, 9.17) is 5.73 Å². The molecular formula is C14H22N2O. The minimum Gasteiger partial charge on any atom is -0.327 e. The molecule has 0 aliphatic rings. The predicted octanol–water partition coefficient (Wildman–Crippen LogP) is 2.63. The molecule has 0 fully saturated rings. The number of para-hydroxylation sites is 1. The van der Waals surface area contributed by atoms with Gasteiger partial charge in [-0.2, -0.15) is 0 Å². The Bertz CT molecular complexity index is 348. The molecule has 1 aromatic rings. The van der Waals surface area contributed by atoms with Crippen molar-refractivity contribution >= 4 is 11.6 Å². The van der Waals surface area contributed by atoms with Gasteiger partial charge in [0, 0.05) is 18.2 Å². The quantitative estimate of drug-likeness (QED) is 0.823. The normalized spacial score (nSPS) is 14.4. The third-order valence-electron chi connectivity index (χ3n) is 2.99. The third-order valence-corrected chi connectivity index (χ3v) is 2.99. The van der Waals surface area contributed by atoms with E-state index in [9.17, 15) is 4.79 Å². The van der Waals surface area contributed by atoms with Gasteiger partial charge < -0.3 is 11.1 Å². The molecular weight excluding hydrogens is 212 g/mol. The maximum absolute atomic E-state index is 11.8. The summed E-state index contributed by atoms with van der Waals surface area (Å²) < 4.78 is 0. The highest BCUT2D eigenvalue weighted by molar-refractivity contribution is 5.90. The molecule has 1 aromatic carbocycles. The Balaban J connectivity index is 2.45. The van der Waals surface area contributed by atoms with E-state index in [1.165, 1.54) is 0 Å². The van der Waals surface area contributed by atoms with E-state index < -0.39 is 0 Å². The average molecular weight is 234 g/mol. The van der Waals surface area contributed by atoms with Gasteiger partial charge in [0.15, 0.2) is 0 Å². The number of benzene rings is 1. The van der Waals surface area contributed by atoms with Gasteiger partial charge in [0.25, 0.3) is 0 Å². The van der Waals surface area contributed by atoms with Gasteiger partial charge in [0.2, 0.25) is 5.91 Å². The summed E-state index contributed by atoms with van der Waals surface area (Å²) in [7, 11) is 0. The molecule has 0 bridgehead atoms. The third kappa shape index (κ3) is 4.57. The van der Waals surface area contributed by atoms with Gasteiger partial charge in [-0.3, -0.25) is 4.79 Å². The zero-order valence-electron chi connectivity index (χ0n) is 10.8. The molecule has 94 valence electrons. The summed E-state index contributed by atoms with van der Waals surface area (Å²) in [6.07, 6.45) is 0.467. The van der Waals surface area contributed by atoms with Gasteiger partial charge in [-0.15, -0.1) is 0 Å². The van der Waals surface area contributed by atoms with Gasteiger partial charge in [0.1, 0.15) is 0 Å². The lowest BCUT2D eigenvalue weighted by atomic mass is 9.90. The first-order chi connectivity index (χ1) is 8.00. The van der Waals surface area contributed by atoms with Crippen LogP contribution < -0.4 is 11.1 Å². The molecule has 0 unspecified atom stereocenters. The molecule has 3 nitrogen and oxygen atoms in total. The van der Waals surface area contributed by atoms with Crippen LogP contribution in [0.25, 0.3) is 0 Å². The number of amides is 1. The van der Waals surface area contributed by atoms with Crippen molar-refractivity contribution in [3.05, 3.63) is 30.3 Å². The van der Waals surface area contributed by atoms with Crippen LogP contribution in [-0.4, -0.2) is 11.9 Å². The highest BCUT2D eigenvalue weighted by Gasteiger charge is 2.19. The number of anilines is 1. The molecule has 3 N–H and O–H groups in total. The second kappa shape index (κ2) is 6.40. The Labute approximate surface area is 103 Å². The number of carbonyl (C=O) groups is 1. The summed E-state index contributed by atoms with van der Waals surface area (Å²) in [5.74, 6) is 0.619. The van der Waals surface area contributed by atoms with Crippen LogP contribution in [0.3, 0.4) is 0 Å². The topological polar surface area (TPSA) is 55.1 Å². The zero-order chi connectivity index (χ0) is 12.8. The van der Waals surface area contributed by atoms with Crippen molar-refractivity contribution in [3.63, 3.8) is 0 Å². The van der Waals surface area contributed by atoms with Gasteiger partial charge in [0.05, 0.1) is 0 Å². The van der Waals surface area contributed by atoms with Gasteiger partial charge in [-0.05, 0) is 24.0 Å². The summed E-state index contributed by atoms with van der Waals surface area (Å²) in [5.41, 5.74) is 6.86. The van der Waals surface area contributed by atoms with Gasteiger partial charge in [-0.1, -0.05) is 39.0 Å². The van der Waals surface area contributed by atoms with Crippen molar-refractivity contribution in [1.82, 2.24) is 0 Å². The van der Waals surface area contributed by atoms with E-state index in [2.05, 4.69) is 19.2 Å². The van der Waals surface area contributed by atoms with E-state index in [1.54, 1.807) is 0 Å². The smallest absolute Gasteiger partial charge is 0.224 e. The second-order valence-corrected chi connectivity index (χ2v) is 4.92. The van der Waals surface area contributed by atoms with Crippen molar-refractivity contribution in [3.8, 4) is 0 Å². The fourth-order valence-corrected chi connectivity index (χ4v) is 1.82. The molecule has 0 saturated heterocycles. The minimum atomic E-state index is 0.0276. The molecule has 0 heterocycles. The minimum absolute atomic E-state index is 0.0276. The molecule has 1 rings (SSSR count). The molecule has 2 atom stereocenters. The van der Waals surface area contributed by atoms with E-state index in [1.807, 2.05) is 37.3 Å². The van der Waals surface area contributed by atoms with Crippen molar-refractivity contribution in [1.29, 1.82) is 0 Å². The van der Waals surface area contributed by atoms with E-state index in [0.717, 1.165) is 5.69 Å². The molecule has 3 heteroatoms. The van der Waals surface area contributed by atoms with E-state index >= 15 is 0 Å². The zero-order valence-corrected chi connectivity index (χ0v) is 10.8. The lowest BCUT2D eigenvalue weighted by Gasteiger charge is -2.22.